The molecule has 1 atom stereocenters. The van der Waals surface area contributed by atoms with E-state index in [2.05, 4.69) is 26.1 Å². The number of hydrogen-bond acceptors (Lipinski definition) is 3. The molecule has 0 heterocycles. The first kappa shape index (κ1) is 18.6. The van der Waals surface area contributed by atoms with Crippen LogP contribution in [0.5, 0.6) is 5.75 Å². The predicted octanol–water partition coefficient (Wildman–Crippen LogP) is 4.69. The Labute approximate surface area is 137 Å². The first-order valence-electron chi connectivity index (χ1n) is 7.11. The number of hydrogen-bond donors (Lipinski definition) is 1. The van der Waals surface area contributed by atoms with E-state index in [0.29, 0.717) is 28.9 Å². The van der Waals surface area contributed by atoms with Gasteiger partial charge in [0.05, 0.1) is 11.1 Å². The monoisotopic (exact) mass is 333 g/mol. The van der Waals surface area contributed by atoms with Crippen LogP contribution >= 0.6 is 23.2 Å². The topological polar surface area (TPSA) is 30.5 Å². The lowest BCUT2D eigenvalue weighted by molar-refractivity contribution is 0.134. The molecule has 1 aromatic rings. The van der Waals surface area contributed by atoms with Crippen LogP contribution in [-0.2, 0) is 11.3 Å². The second-order valence-corrected chi connectivity index (χ2v) is 7.03. The van der Waals surface area contributed by atoms with Crippen LogP contribution in [0.3, 0.4) is 0 Å². The summed E-state index contributed by atoms with van der Waals surface area (Å²) in [7, 11) is 1.68. The molecule has 120 valence electrons. The molecule has 1 rings (SSSR count). The minimum atomic E-state index is 0.00767. The van der Waals surface area contributed by atoms with Crippen LogP contribution in [-0.4, -0.2) is 25.4 Å². The zero-order valence-electron chi connectivity index (χ0n) is 13.4. The van der Waals surface area contributed by atoms with Gasteiger partial charge in [0.1, 0.15) is 5.75 Å². The zero-order valence-corrected chi connectivity index (χ0v) is 14.9. The fourth-order valence-corrected chi connectivity index (χ4v) is 2.36. The van der Waals surface area contributed by atoms with E-state index in [1.165, 1.54) is 0 Å². The summed E-state index contributed by atoms with van der Waals surface area (Å²) in [4.78, 5) is 0. The average Bonchev–Trinajstić information content (AvgIpc) is 2.36. The summed E-state index contributed by atoms with van der Waals surface area (Å²) >= 11 is 12.4. The molecule has 0 fully saturated rings. The van der Waals surface area contributed by atoms with Gasteiger partial charge in [0.15, 0.2) is 0 Å². The molecular formula is C16H25Cl2NO2. The van der Waals surface area contributed by atoms with Crippen molar-refractivity contribution in [3.63, 3.8) is 0 Å². The summed E-state index contributed by atoms with van der Waals surface area (Å²) < 4.78 is 11.1. The molecule has 3 nitrogen and oxygen atoms in total. The number of ether oxygens (including phenoxy) is 2. The maximum atomic E-state index is 6.29. The molecule has 0 amide bonds. The highest BCUT2D eigenvalue weighted by Gasteiger charge is 2.16. The van der Waals surface area contributed by atoms with Gasteiger partial charge in [-0.3, -0.25) is 0 Å². The summed E-state index contributed by atoms with van der Waals surface area (Å²) in [5.41, 5.74) is 0.972. The Hall–Kier alpha value is -0.480. The number of rotatable bonds is 7. The summed E-state index contributed by atoms with van der Waals surface area (Å²) in [6, 6.07) is 3.60. The molecule has 1 aromatic carbocycles. The number of benzene rings is 1. The Morgan fingerprint density at radius 3 is 2.48 bits per heavy atom. The van der Waals surface area contributed by atoms with Crippen LogP contribution < -0.4 is 10.1 Å². The van der Waals surface area contributed by atoms with Gasteiger partial charge in [0.2, 0.25) is 0 Å². The van der Waals surface area contributed by atoms with E-state index in [9.17, 15) is 0 Å². The molecule has 0 saturated heterocycles. The van der Waals surface area contributed by atoms with Gasteiger partial charge in [-0.2, -0.15) is 0 Å². The molecule has 0 bridgehead atoms. The maximum absolute atomic E-state index is 6.29. The first-order valence-corrected chi connectivity index (χ1v) is 7.87. The maximum Gasteiger partial charge on any atom is 0.142 e. The van der Waals surface area contributed by atoms with Gasteiger partial charge < -0.3 is 14.8 Å². The first-order chi connectivity index (χ1) is 9.73. The van der Waals surface area contributed by atoms with E-state index in [1.807, 2.05) is 13.0 Å². The number of methoxy groups -OCH3 is 1. The summed E-state index contributed by atoms with van der Waals surface area (Å²) in [6.45, 7) is 9.64. The molecule has 0 aliphatic carbocycles. The molecule has 0 saturated carbocycles. The highest BCUT2D eigenvalue weighted by molar-refractivity contribution is 6.35. The van der Waals surface area contributed by atoms with Gasteiger partial charge in [-0.1, -0.05) is 23.2 Å². The smallest absolute Gasteiger partial charge is 0.142 e. The van der Waals surface area contributed by atoms with Gasteiger partial charge in [-0.05, 0) is 39.8 Å². The van der Waals surface area contributed by atoms with Crippen LogP contribution in [0, 0.1) is 0 Å². The van der Waals surface area contributed by atoms with Crippen molar-refractivity contribution >= 4 is 23.2 Å². The van der Waals surface area contributed by atoms with Gasteiger partial charge in [0, 0.05) is 42.8 Å². The molecule has 1 N–H and O–H groups in total. The van der Waals surface area contributed by atoms with Crippen molar-refractivity contribution < 1.29 is 9.47 Å². The largest absolute Gasteiger partial charge is 0.489 e. The van der Waals surface area contributed by atoms with E-state index in [1.54, 1.807) is 13.2 Å². The standard InChI is InChI=1S/C16H25Cl2NO2/c1-11(6-7-20-5)21-15-12(10-19-16(2,3)4)8-13(17)9-14(15)18/h8-9,11,19H,6-7,10H2,1-5H3. The lowest BCUT2D eigenvalue weighted by atomic mass is 10.1. The minimum absolute atomic E-state index is 0.00767. The van der Waals surface area contributed by atoms with Crippen molar-refractivity contribution in [3.8, 4) is 5.75 Å². The summed E-state index contributed by atoms with van der Waals surface area (Å²) in [6.07, 6.45) is 0.832. The van der Waals surface area contributed by atoms with Crippen LogP contribution in [0.15, 0.2) is 12.1 Å². The average molecular weight is 334 g/mol. The van der Waals surface area contributed by atoms with E-state index < -0.39 is 0 Å². The van der Waals surface area contributed by atoms with Gasteiger partial charge >= 0.3 is 0 Å². The van der Waals surface area contributed by atoms with E-state index >= 15 is 0 Å². The van der Waals surface area contributed by atoms with E-state index in [4.69, 9.17) is 32.7 Å². The highest BCUT2D eigenvalue weighted by atomic mass is 35.5. The molecule has 0 aromatic heterocycles. The summed E-state index contributed by atoms with van der Waals surface area (Å²) in [5, 5.41) is 4.58. The lowest BCUT2D eigenvalue weighted by Gasteiger charge is -2.23. The third-order valence-corrected chi connectivity index (χ3v) is 3.44. The number of nitrogens with one attached hydrogen (secondary N) is 1. The Morgan fingerprint density at radius 2 is 1.90 bits per heavy atom. The second-order valence-electron chi connectivity index (χ2n) is 6.19. The molecule has 0 aliphatic heterocycles. The normalized spacial score (nSPS) is 13.3. The second kappa shape index (κ2) is 8.23. The Kier molecular flexibility index (Phi) is 7.28. The van der Waals surface area contributed by atoms with Crippen molar-refractivity contribution in [2.45, 2.75) is 52.3 Å². The third kappa shape index (κ3) is 6.88. The van der Waals surface area contributed by atoms with Gasteiger partial charge in [0.25, 0.3) is 0 Å². The predicted molar refractivity (Wildman–Crippen MR) is 89.6 cm³/mol. The highest BCUT2D eigenvalue weighted by Crippen LogP contribution is 2.33. The zero-order chi connectivity index (χ0) is 16.0. The molecule has 0 spiro atoms. The quantitative estimate of drug-likeness (QED) is 0.785. The van der Waals surface area contributed by atoms with Crippen LogP contribution in [0.1, 0.15) is 39.7 Å². The lowest BCUT2D eigenvalue weighted by Crippen LogP contribution is -2.35. The number of halogens is 2. The van der Waals surface area contributed by atoms with Crippen molar-refractivity contribution in [1.82, 2.24) is 5.32 Å². The van der Waals surface area contributed by atoms with Crippen LogP contribution in [0.25, 0.3) is 0 Å². The van der Waals surface area contributed by atoms with Crippen molar-refractivity contribution in [2.24, 2.45) is 0 Å². The van der Waals surface area contributed by atoms with E-state index in [0.717, 1.165) is 12.0 Å². The third-order valence-electron chi connectivity index (χ3n) is 2.94. The minimum Gasteiger partial charge on any atom is -0.489 e. The van der Waals surface area contributed by atoms with E-state index in [-0.39, 0.29) is 11.6 Å². The Bertz CT molecular complexity index is 458. The molecule has 5 heteroatoms. The molecular weight excluding hydrogens is 309 g/mol. The van der Waals surface area contributed by atoms with Crippen LogP contribution in [0.2, 0.25) is 10.0 Å². The fourth-order valence-electron chi connectivity index (χ4n) is 1.78. The fraction of sp³-hybridized carbons (Fsp3) is 0.625. The SMILES string of the molecule is COCCC(C)Oc1c(Cl)cc(Cl)cc1CNC(C)(C)C. The van der Waals surface area contributed by atoms with Gasteiger partial charge in [-0.25, -0.2) is 0 Å². The molecule has 21 heavy (non-hydrogen) atoms. The Morgan fingerprint density at radius 1 is 1.24 bits per heavy atom. The van der Waals surface area contributed by atoms with Crippen molar-refractivity contribution in [2.75, 3.05) is 13.7 Å². The summed E-state index contributed by atoms with van der Waals surface area (Å²) in [5.74, 6) is 0.696. The van der Waals surface area contributed by atoms with Crippen molar-refractivity contribution in [1.29, 1.82) is 0 Å². The molecule has 1 unspecified atom stereocenters. The van der Waals surface area contributed by atoms with Crippen LogP contribution in [0.4, 0.5) is 0 Å². The molecule has 0 aliphatic rings. The molecule has 0 radical (unpaired) electrons. The Balaban J connectivity index is 2.89. The van der Waals surface area contributed by atoms with Crippen molar-refractivity contribution in [3.05, 3.63) is 27.7 Å². The van der Waals surface area contributed by atoms with Gasteiger partial charge in [-0.15, -0.1) is 0 Å².